The first-order valence-corrected chi connectivity index (χ1v) is 4.92. The highest BCUT2D eigenvalue weighted by molar-refractivity contribution is 5.73. The maximum Gasteiger partial charge on any atom is 0.227 e. The summed E-state index contributed by atoms with van der Waals surface area (Å²) in [7, 11) is 0. The summed E-state index contributed by atoms with van der Waals surface area (Å²) in [6.45, 7) is 0. The van der Waals surface area contributed by atoms with Crippen molar-refractivity contribution in [3.63, 3.8) is 0 Å². The van der Waals surface area contributed by atoms with E-state index in [0.717, 1.165) is 5.56 Å². The van der Waals surface area contributed by atoms with Gasteiger partial charge in [0.25, 0.3) is 0 Å². The van der Waals surface area contributed by atoms with Gasteiger partial charge in [-0.25, -0.2) is 0 Å². The van der Waals surface area contributed by atoms with Gasteiger partial charge in [-0.05, 0) is 0 Å². The summed E-state index contributed by atoms with van der Waals surface area (Å²) in [5.41, 5.74) is 5.92. The summed E-state index contributed by atoms with van der Waals surface area (Å²) in [5.74, 6) is 0.581. The Morgan fingerprint density at radius 2 is 2.06 bits per heavy atom. The zero-order valence-corrected chi connectivity index (χ0v) is 8.59. The fourth-order valence-electron chi connectivity index (χ4n) is 1.29. The van der Waals surface area contributed by atoms with Crippen molar-refractivity contribution in [1.82, 2.24) is 10.1 Å². The molecule has 0 fully saturated rings. The average molecular weight is 217 g/mol. The van der Waals surface area contributed by atoms with Crippen LogP contribution in [-0.4, -0.2) is 16.0 Å². The second kappa shape index (κ2) is 4.57. The fraction of sp³-hybridized carbons (Fsp3) is 0.182. The van der Waals surface area contributed by atoms with E-state index in [2.05, 4.69) is 10.1 Å². The predicted molar refractivity (Wildman–Crippen MR) is 57.2 cm³/mol. The van der Waals surface area contributed by atoms with Crippen molar-refractivity contribution in [1.29, 1.82) is 0 Å². The first kappa shape index (κ1) is 10.4. The monoisotopic (exact) mass is 217 g/mol. The van der Waals surface area contributed by atoms with Gasteiger partial charge in [-0.2, -0.15) is 4.98 Å². The highest BCUT2D eigenvalue weighted by Gasteiger charge is 2.08. The number of primary amides is 1. The van der Waals surface area contributed by atoms with E-state index in [1.165, 1.54) is 0 Å². The van der Waals surface area contributed by atoms with Crippen LogP contribution in [0.5, 0.6) is 0 Å². The largest absolute Gasteiger partial charge is 0.370 e. The van der Waals surface area contributed by atoms with Gasteiger partial charge in [0.05, 0.1) is 0 Å². The summed E-state index contributed by atoms with van der Waals surface area (Å²) in [6, 6.07) is 9.49. The molecule has 0 atom stereocenters. The van der Waals surface area contributed by atoms with Gasteiger partial charge in [0.15, 0.2) is 0 Å². The Kier molecular flexibility index (Phi) is 2.95. The van der Waals surface area contributed by atoms with Gasteiger partial charge in [-0.3, -0.25) is 4.79 Å². The SMILES string of the molecule is NC(=O)CCc1nc(-c2ccccc2)no1. The van der Waals surface area contributed by atoms with E-state index < -0.39 is 0 Å². The zero-order chi connectivity index (χ0) is 11.4. The topological polar surface area (TPSA) is 82.0 Å². The second-order valence-electron chi connectivity index (χ2n) is 3.34. The van der Waals surface area contributed by atoms with Gasteiger partial charge < -0.3 is 10.3 Å². The molecule has 1 amide bonds. The minimum Gasteiger partial charge on any atom is -0.370 e. The number of nitrogens with zero attached hydrogens (tertiary/aromatic N) is 2. The fourth-order valence-corrected chi connectivity index (χ4v) is 1.29. The van der Waals surface area contributed by atoms with E-state index in [-0.39, 0.29) is 12.3 Å². The highest BCUT2D eigenvalue weighted by Crippen LogP contribution is 2.15. The van der Waals surface area contributed by atoms with Crippen molar-refractivity contribution in [3.8, 4) is 11.4 Å². The van der Waals surface area contributed by atoms with Gasteiger partial charge in [0.1, 0.15) is 0 Å². The minimum atomic E-state index is -0.375. The van der Waals surface area contributed by atoms with Crippen molar-refractivity contribution < 1.29 is 9.32 Å². The lowest BCUT2D eigenvalue weighted by Crippen LogP contribution is -2.11. The number of carbonyl (C=O) groups is 1. The lowest BCUT2D eigenvalue weighted by Gasteiger charge is -1.90. The molecule has 0 bridgehead atoms. The Bertz CT molecular complexity index is 479. The number of amides is 1. The van der Waals surface area contributed by atoms with E-state index in [1.807, 2.05) is 30.3 Å². The van der Waals surface area contributed by atoms with Crippen LogP contribution >= 0.6 is 0 Å². The standard InChI is InChI=1S/C11H11N3O2/c12-9(15)6-7-10-13-11(14-16-10)8-4-2-1-3-5-8/h1-5H,6-7H2,(H2,12,15). The van der Waals surface area contributed by atoms with Crippen LogP contribution in [0.2, 0.25) is 0 Å². The molecule has 0 saturated heterocycles. The number of carbonyl (C=O) groups excluding carboxylic acids is 1. The molecule has 0 unspecified atom stereocenters. The summed E-state index contributed by atoms with van der Waals surface area (Å²) in [4.78, 5) is 14.7. The van der Waals surface area contributed by atoms with Crippen molar-refractivity contribution in [3.05, 3.63) is 36.2 Å². The third kappa shape index (κ3) is 2.44. The zero-order valence-electron chi connectivity index (χ0n) is 8.59. The molecule has 0 radical (unpaired) electrons. The van der Waals surface area contributed by atoms with E-state index in [1.54, 1.807) is 0 Å². The Hall–Kier alpha value is -2.17. The molecule has 1 aromatic carbocycles. The number of hydrogen-bond acceptors (Lipinski definition) is 4. The van der Waals surface area contributed by atoms with Crippen LogP contribution in [0.4, 0.5) is 0 Å². The average Bonchev–Trinajstić information content (AvgIpc) is 2.76. The maximum atomic E-state index is 10.6. The molecule has 1 heterocycles. The quantitative estimate of drug-likeness (QED) is 0.832. The predicted octanol–water partition coefficient (Wildman–Crippen LogP) is 1.15. The summed E-state index contributed by atoms with van der Waals surface area (Å²) < 4.78 is 5.00. The molecule has 0 aliphatic rings. The van der Waals surface area contributed by atoms with Gasteiger partial charge in [0.2, 0.25) is 17.6 Å². The van der Waals surface area contributed by atoms with Crippen LogP contribution in [0.25, 0.3) is 11.4 Å². The van der Waals surface area contributed by atoms with Gasteiger partial charge >= 0.3 is 0 Å². The minimum absolute atomic E-state index is 0.219. The molecule has 16 heavy (non-hydrogen) atoms. The van der Waals surface area contributed by atoms with Crippen LogP contribution in [0.3, 0.4) is 0 Å². The summed E-state index contributed by atoms with van der Waals surface area (Å²) in [6.07, 6.45) is 0.603. The molecule has 0 saturated carbocycles. The summed E-state index contributed by atoms with van der Waals surface area (Å²) in [5, 5.41) is 3.83. The molecule has 5 heteroatoms. The van der Waals surface area contributed by atoms with Gasteiger partial charge in [-0.1, -0.05) is 35.5 Å². The summed E-state index contributed by atoms with van der Waals surface area (Å²) >= 11 is 0. The van der Waals surface area contributed by atoms with E-state index in [4.69, 9.17) is 10.3 Å². The van der Waals surface area contributed by atoms with Crippen molar-refractivity contribution in [2.75, 3.05) is 0 Å². The Morgan fingerprint density at radius 3 is 2.75 bits per heavy atom. The smallest absolute Gasteiger partial charge is 0.227 e. The number of aryl methyl sites for hydroxylation is 1. The Balaban J connectivity index is 2.11. The number of rotatable bonds is 4. The molecule has 1 aromatic heterocycles. The molecule has 0 aliphatic carbocycles. The van der Waals surface area contributed by atoms with Crippen LogP contribution in [0.1, 0.15) is 12.3 Å². The first-order valence-electron chi connectivity index (χ1n) is 4.92. The van der Waals surface area contributed by atoms with Gasteiger partial charge in [0, 0.05) is 18.4 Å². The number of hydrogen-bond donors (Lipinski definition) is 1. The molecule has 0 aliphatic heterocycles. The van der Waals surface area contributed by atoms with Crippen molar-refractivity contribution >= 4 is 5.91 Å². The molecule has 2 N–H and O–H groups in total. The van der Waals surface area contributed by atoms with E-state index >= 15 is 0 Å². The van der Waals surface area contributed by atoms with Crippen LogP contribution < -0.4 is 5.73 Å². The van der Waals surface area contributed by atoms with Crippen LogP contribution in [0.15, 0.2) is 34.9 Å². The number of aromatic nitrogens is 2. The number of benzene rings is 1. The first-order chi connectivity index (χ1) is 7.75. The van der Waals surface area contributed by atoms with E-state index in [9.17, 15) is 4.79 Å². The third-order valence-corrected chi connectivity index (χ3v) is 2.09. The highest BCUT2D eigenvalue weighted by atomic mass is 16.5. The van der Waals surface area contributed by atoms with Crippen molar-refractivity contribution in [2.24, 2.45) is 5.73 Å². The lowest BCUT2D eigenvalue weighted by molar-refractivity contribution is -0.118. The Morgan fingerprint density at radius 1 is 1.31 bits per heavy atom. The second-order valence-corrected chi connectivity index (χ2v) is 3.34. The molecule has 0 spiro atoms. The molecule has 2 aromatic rings. The molecule has 2 rings (SSSR count). The lowest BCUT2D eigenvalue weighted by atomic mass is 10.2. The maximum absolute atomic E-state index is 10.6. The molecule has 82 valence electrons. The van der Waals surface area contributed by atoms with Crippen LogP contribution in [-0.2, 0) is 11.2 Å². The van der Waals surface area contributed by atoms with Crippen LogP contribution in [0, 0.1) is 0 Å². The molecule has 5 nitrogen and oxygen atoms in total. The number of nitrogens with two attached hydrogens (primary N) is 1. The normalized spacial score (nSPS) is 10.2. The Labute approximate surface area is 92.3 Å². The molecular formula is C11H11N3O2. The van der Waals surface area contributed by atoms with Gasteiger partial charge in [-0.15, -0.1) is 0 Å². The molecular weight excluding hydrogens is 206 g/mol. The van der Waals surface area contributed by atoms with Crippen molar-refractivity contribution in [2.45, 2.75) is 12.8 Å². The third-order valence-electron chi connectivity index (χ3n) is 2.09. The van der Waals surface area contributed by atoms with E-state index in [0.29, 0.717) is 18.1 Å².